The molecule has 0 aliphatic heterocycles. The number of anilines is 1. The number of amides is 3. The van der Waals surface area contributed by atoms with E-state index < -0.39 is 0 Å². The zero-order valence-electron chi connectivity index (χ0n) is 22.8. The zero-order valence-corrected chi connectivity index (χ0v) is 22.8. The Balaban J connectivity index is 1.53. The summed E-state index contributed by atoms with van der Waals surface area (Å²) in [5.74, 6) is 0.562. The van der Waals surface area contributed by atoms with Crippen molar-refractivity contribution < 1.29 is 19.1 Å². The fourth-order valence-corrected chi connectivity index (χ4v) is 4.57. The number of hydrogen-bond donors (Lipinski definition) is 2. The molecule has 0 aliphatic carbocycles. The molecule has 0 radical (unpaired) electrons. The van der Waals surface area contributed by atoms with Crippen molar-refractivity contribution in [3.8, 4) is 5.75 Å². The Labute approximate surface area is 229 Å². The van der Waals surface area contributed by atoms with Crippen molar-refractivity contribution in [1.29, 1.82) is 0 Å². The molecular weight excluding hydrogens is 492 g/mol. The van der Waals surface area contributed by atoms with Crippen molar-refractivity contribution in [2.75, 3.05) is 45.8 Å². The van der Waals surface area contributed by atoms with E-state index in [2.05, 4.69) is 16.4 Å². The molecule has 4 rings (SSSR count). The molecule has 8 heteroatoms. The second kappa shape index (κ2) is 13.5. The van der Waals surface area contributed by atoms with Crippen LogP contribution in [0.4, 0.5) is 10.5 Å². The standard InChI is InChI=1S/C31H36N4O4/c1-23-9-8-11-26(19-23)33-31(37)35(17-18-38-2)22-30(36)34(21-25-10-4-7-14-29(25)39-3)16-15-24-20-32-28-13-6-5-12-27(24)28/h4-14,19-20,32H,15-18,21-22H2,1-3H3,(H,33,37). The molecule has 0 fully saturated rings. The van der Waals surface area contributed by atoms with E-state index in [9.17, 15) is 9.59 Å². The third-order valence-electron chi connectivity index (χ3n) is 6.68. The highest BCUT2D eigenvalue weighted by molar-refractivity contribution is 5.92. The van der Waals surface area contributed by atoms with Crippen molar-refractivity contribution >= 4 is 28.5 Å². The van der Waals surface area contributed by atoms with E-state index in [1.165, 1.54) is 4.90 Å². The molecule has 39 heavy (non-hydrogen) atoms. The lowest BCUT2D eigenvalue weighted by Crippen LogP contribution is -2.46. The number of carbonyl (C=O) groups is 2. The number of fused-ring (bicyclic) bond motifs is 1. The smallest absolute Gasteiger partial charge is 0.322 e. The number of para-hydroxylation sites is 2. The molecule has 0 atom stereocenters. The summed E-state index contributed by atoms with van der Waals surface area (Å²) in [5.41, 5.74) is 4.82. The number of rotatable bonds is 12. The molecule has 0 aliphatic rings. The molecule has 4 aromatic rings. The van der Waals surface area contributed by atoms with Crippen molar-refractivity contribution in [3.05, 3.63) is 95.7 Å². The lowest BCUT2D eigenvalue weighted by atomic mass is 10.1. The number of methoxy groups -OCH3 is 2. The Morgan fingerprint density at radius 1 is 0.897 bits per heavy atom. The van der Waals surface area contributed by atoms with E-state index >= 15 is 0 Å². The molecule has 0 saturated carbocycles. The molecule has 8 nitrogen and oxygen atoms in total. The Kier molecular flexibility index (Phi) is 9.58. The second-order valence-electron chi connectivity index (χ2n) is 9.45. The number of aromatic amines is 1. The van der Waals surface area contributed by atoms with Crippen LogP contribution in [0.15, 0.2) is 79.0 Å². The summed E-state index contributed by atoms with van der Waals surface area (Å²) >= 11 is 0. The van der Waals surface area contributed by atoms with Crippen LogP contribution < -0.4 is 10.1 Å². The average molecular weight is 529 g/mol. The van der Waals surface area contributed by atoms with E-state index in [0.717, 1.165) is 33.3 Å². The largest absolute Gasteiger partial charge is 0.496 e. The summed E-state index contributed by atoms with van der Waals surface area (Å²) in [6, 6.07) is 23.0. The third-order valence-corrected chi connectivity index (χ3v) is 6.68. The predicted octanol–water partition coefficient (Wildman–Crippen LogP) is 5.24. The second-order valence-corrected chi connectivity index (χ2v) is 9.45. The van der Waals surface area contributed by atoms with Gasteiger partial charge in [0.05, 0.1) is 13.7 Å². The van der Waals surface area contributed by atoms with Crippen LogP contribution in [0.5, 0.6) is 5.75 Å². The summed E-state index contributed by atoms with van der Waals surface area (Å²) in [4.78, 5) is 33.6. The van der Waals surface area contributed by atoms with Crippen molar-refractivity contribution in [2.24, 2.45) is 0 Å². The minimum atomic E-state index is -0.347. The van der Waals surface area contributed by atoms with Crippen LogP contribution in [0.1, 0.15) is 16.7 Å². The van der Waals surface area contributed by atoms with Gasteiger partial charge in [0.25, 0.3) is 0 Å². The van der Waals surface area contributed by atoms with E-state index in [1.807, 2.05) is 79.9 Å². The van der Waals surface area contributed by atoms with Crippen LogP contribution in [0.2, 0.25) is 0 Å². The van der Waals surface area contributed by atoms with Gasteiger partial charge in [-0.2, -0.15) is 0 Å². The molecule has 2 N–H and O–H groups in total. The van der Waals surface area contributed by atoms with E-state index in [-0.39, 0.29) is 25.0 Å². The SMILES string of the molecule is COCCN(CC(=O)N(CCc1c[nH]c2ccccc12)Cc1ccccc1OC)C(=O)Nc1cccc(C)c1. The van der Waals surface area contributed by atoms with Crippen LogP contribution in [0, 0.1) is 6.92 Å². The van der Waals surface area contributed by atoms with E-state index in [1.54, 1.807) is 19.1 Å². The maximum absolute atomic E-state index is 13.8. The third kappa shape index (κ3) is 7.39. The monoisotopic (exact) mass is 528 g/mol. The minimum absolute atomic E-state index is 0.0793. The van der Waals surface area contributed by atoms with Crippen LogP contribution in [-0.4, -0.2) is 67.2 Å². The molecule has 3 aromatic carbocycles. The van der Waals surface area contributed by atoms with Gasteiger partial charge in [-0.25, -0.2) is 4.79 Å². The first-order valence-corrected chi connectivity index (χ1v) is 13.0. The maximum Gasteiger partial charge on any atom is 0.322 e. The highest BCUT2D eigenvalue weighted by Crippen LogP contribution is 2.22. The Hall–Kier alpha value is -4.30. The van der Waals surface area contributed by atoms with Gasteiger partial charge < -0.3 is 29.6 Å². The number of benzene rings is 3. The normalized spacial score (nSPS) is 10.8. The quantitative estimate of drug-likeness (QED) is 0.263. The van der Waals surface area contributed by atoms with Gasteiger partial charge in [0.15, 0.2) is 0 Å². The number of hydrogen-bond acceptors (Lipinski definition) is 4. The number of H-pyrrole nitrogens is 1. The Morgan fingerprint density at radius 3 is 2.49 bits per heavy atom. The topological polar surface area (TPSA) is 86.9 Å². The highest BCUT2D eigenvalue weighted by atomic mass is 16.5. The molecule has 3 amide bonds. The Morgan fingerprint density at radius 2 is 1.69 bits per heavy atom. The van der Waals surface area contributed by atoms with Gasteiger partial charge in [0, 0.05) is 55.1 Å². The van der Waals surface area contributed by atoms with Gasteiger partial charge in [-0.1, -0.05) is 48.5 Å². The summed E-state index contributed by atoms with van der Waals surface area (Å²) < 4.78 is 10.8. The van der Waals surface area contributed by atoms with Crippen LogP contribution in [0.3, 0.4) is 0 Å². The van der Waals surface area contributed by atoms with Gasteiger partial charge in [-0.15, -0.1) is 0 Å². The lowest BCUT2D eigenvalue weighted by Gasteiger charge is -2.28. The predicted molar refractivity (Wildman–Crippen MR) is 154 cm³/mol. The number of aromatic nitrogens is 1. The summed E-state index contributed by atoms with van der Waals surface area (Å²) in [5, 5.41) is 4.06. The molecule has 0 unspecified atom stereocenters. The van der Waals surface area contributed by atoms with Crippen LogP contribution >= 0.6 is 0 Å². The number of nitrogens with zero attached hydrogens (tertiary/aromatic N) is 2. The van der Waals surface area contributed by atoms with Gasteiger partial charge in [-0.3, -0.25) is 4.79 Å². The molecular formula is C31H36N4O4. The number of carbonyl (C=O) groups excluding carboxylic acids is 2. The number of urea groups is 1. The number of aryl methyl sites for hydroxylation is 1. The number of nitrogens with one attached hydrogen (secondary N) is 2. The van der Waals surface area contributed by atoms with Gasteiger partial charge in [0.1, 0.15) is 12.3 Å². The molecule has 0 spiro atoms. The zero-order chi connectivity index (χ0) is 27.6. The first-order chi connectivity index (χ1) is 19.0. The van der Waals surface area contributed by atoms with Gasteiger partial charge in [0.2, 0.25) is 5.91 Å². The van der Waals surface area contributed by atoms with Crippen molar-refractivity contribution in [1.82, 2.24) is 14.8 Å². The first-order valence-electron chi connectivity index (χ1n) is 13.0. The number of ether oxygens (including phenoxy) is 2. The minimum Gasteiger partial charge on any atom is -0.496 e. The van der Waals surface area contributed by atoms with Gasteiger partial charge in [-0.05, 0) is 48.7 Å². The van der Waals surface area contributed by atoms with E-state index in [0.29, 0.717) is 31.8 Å². The molecule has 204 valence electrons. The van der Waals surface area contributed by atoms with E-state index in [4.69, 9.17) is 9.47 Å². The fraction of sp³-hybridized carbons (Fsp3) is 0.290. The maximum atomic E-state index is 13.8. The fourth-order valence-electron chi connectivity index (χ4n) is 4.57. The first kappa shape index (κ1) is 27.7. The summed E-state index contributed by atoms with van der Waals surface area (Å²) in [6.45, 7) is 3.33. The Bertz CT molecular complexity index is 1400. The van der Waals surface area contributed by atoms with Gasteiger partial charge >= 0.3 is 6.03 Å². The van der Waals surface area contributed by atoms with Crippen molar-refractivity contribution in [3.63, 3.8) is 0 Å². The van der Waals surface area contributed by atoms with Crippen LogP contribution in [-0.2, 0) is 22.5 Å². The summed E-state index contributed by atoms with van der Waals surface area (Å²) in [6.07, 6.45) is 2.66. The van der Waals surface area contributed by atoms with Crippen LogP contribution in [0.25, 0.3) is 10.9 Å². The molecule has 1 aromatic heterocycles. The lowest BCUT2D eigenvalue weighted by molar-refractivity contribution is -0.132. The highest BCUT2D eigenvalue weighted by Gasteiger charge is 2.23. The summed E-state index contributed by atoms with van der Waals surface area (Å²) in [7, 11) is 3.20. The molecule has 0 bridgehead atoms. The molecule has 1 heterocycles. The average Bonchev–Trinajstić information content (AvgIpc) is 3.36. The molecule has 0 saturated heterocycles. The van der Waals surface area contributed by atoms with Crippen molar-refractivity contribution in [2.45, 2.75) is 19.9 Å².